The lowest BCUT2D eigenvalue weighted by Gasteiger charge is -2.10. The summed E-state index contributed by atoms with van der Waals surface area (Å²) in [6.45, 7) is 4.00. The predicted octanol–water partition coefficient (Wildman–Crippen LogP) is 2.68. The first kappa shape index (κ1) is 16.7. The normalized spacial score (nSPS) is 10.7. The van der Waals surface area contributed by atoms with Crippen LogP contribution in [0.5, 0.6) is 0 Å². The number of nitrogens with zero attached hydrogens (tertiary/aromatic N) is 4. The average Bonchev–Trinajstić information content (AvgIpc) is 3.10. The molecule has 0 fully saturated rings. The summed E-state index contributed by atoms with van der Waals surface area (Å²) < 4.78 is 17.7. The minimum Gasteiger partial charge on any atom is -0.340 e. The number of amides is 2. The van der Waals surface area contributed by atoms with Gasteiger partial charge in [-0.2, -0.15) is 5.10 Å². The molecule has 0 unspecified atom stereocenters. The predicted molar refractivity (Wildman–Crippen MR) is 92.1 cm³/mol. The number of carbonyl (C=O) groups excluding carboxylic acids is 1. The summed E-state index contributed by atoms with van der Waals surface area (Å²) in [7, 11) is 1.85. The van der Waals surface area contributed by atoms with Gasteiger partial charge in [0.05, 0.1) is 24.3 Å². The molecule has 2 heterocycles. The number of aromatic nitrogens is 4. The van der Waals surface area contributed by atoms with Crippen LogP contribution in [0.2, 0.25) is 0 Å². The van der Waals surface area contributed by atoms with Gasteiger partial charge in [-0.15, -0.1) is 0 Å². The van der Waals surface area contributed by atoms with E-state index in [9.17, 15) is 9.18 Å². The van der Waals surface area contributed by atoms with Crippen LogP contribution >= 0.6 is 0 Å². The van der Waals surface area contributed by atoms with Crippen LogP contribution in [0, 0.1) is 19.7 Å². The monoisotopic (exact) mass is 342 g/mol. The molecule has 0 radical (unpaired) electrons. The molecule has 2 N–H and O–H groups in total. The highest BCUT2D eigenvalue weighted by Crippen LogP contribution is 2.19. The van der Waals surface area contributed by atoms with Gasteiger partial charge in [-0.25, -0.2) is 18.9 Å². The third-order valence-electron chi connectivity index (χ3n) is 3.63. The molecule has 8 heteroatoms. The zero-order valence-corrected chi connectivity index (χ0v) is 14.2. The summed E-state index contributed by atoms with van der Waals surface area (Å²) in [5.74, 6) is -0.464. The van der Waals surface area contributed by atoms with E-state index in [1.807, 2.05) is 33.2 Å². The molecule has 7 nitrogen and oxygen atoms in total. The van der Waals surface area contributed by atoms with Crippen molar-refractivity contribution in [1.82, 2.24) is 24.6 Å². The molecule has 1 aromatic carbocycles. The Kier molecular flexibility index (Phi) is 4.51. The highest BCUT2D eigenvalue weighted by Gasteiger charge is 2.11. The zero-order chi connectivity index (χ0) is 18.0. The van der Waals surface area contributed by atoms with Crippen molar-refractivity contribution >= 4 is 11.7 Å². The molecule has 0 saturated carbocycles. The third kappa shape index (κ3) is 3.85. The minimum atomic E-state index is -0.464. The topological polar surface area (TPSA) is 76.8 Å². The second-order valence-electron chi connectivity index (χ2n) is 5.84. The summed E-state index contributed by atoms with van der Waals surface area (Å²) in [5, 5.41) is 9.54. The van der Waals surface area contributed by atoms with Gasteiger partial charge in [0, 0.05) is 24.6 Å². The van der Waals surface area contributed by atoms with Crippen molar-refractivity contribution in [2.75, 3.05) is 5.32 Å². The van der Waals surface area contributed by atoms with Gasteiger partial charge in [0.25, 0.3) is 0 Å². The van der Waals surface area contributed by atoms with Crippen LogP contribution in [0.25, 0.3) is 5.69 Å². The lowest BCUT2D eigenvalue weighted by molar-refractivity contribution is 0.251. The summed E-state index contributed by atoms with van der Waals surface area (Å²) >= 11 is 0. The quantitative estimate of drug-likeness (QED) is 0.765. The van der Waals surface area contributed by atoms with E-state index in [0.717, 1.165) is 17.1 Å². The number of carbonyl (C=O) groups is 1. The highest BCUT2D eigenvalue weighted by atomic mass is 19.1. The second-order valence-corrected chi connectivity index (χ2v) is 5.84. The Hall–Kier alpha value is -3.16. The van der Waals surface area contributed by atoms with Crippen LogP contribution in [0.15, 0.2) is 36.8 Å². The minimum absolute atomic E-state index is 0.291. The lowest BCUT2D eigenvalue weighted by Crippen LogP contribution is -2.28. The van der Waals surface area contributed by atoms with Crippen LogP contribution in [-0.4, -0.2) is 25.4 Å². The molecular formula is C17H19FN6O. The summed E-state index contributed by atoms with van der Waals surface area (Å²) in [6.07, 6.45) is 3.46. The molecule has 0 spiro atoms. The molecule has 0 bridgehead atoms. The number of rotatable bonds is 4. The molecule has 0 saturated heterocycles. The van der Waals surface area contributed by atoms with Crippen molar-refractivity contribution < 1.29 is 9.18 Å². The van der Waals surface area contributed by atoms with E-state index in [2.05, 4.69) is 20.7 Å². The Balaban J connectivity index is 1.66. The van der Waals surface area contributed by atoms with Crippen LogP contribution in [-0.2, 0) is 13.6 Å². The highest BCUT2D eigenvalue weighted by molar-refractivity contribution is 5.89. The van der Waals surface area contributed by atoms with E-state index >= 15 is 0 Å². The fraction of sp³-hybridized carbons (Fsp3) is 0.235. The first-order valence-corrected chi connectivity index (χ1v) is 7.77. The fourth-order valence-electron chi connectivity index (χ4n) is 2.53. The van der Waals surface area contributed by atoms with E-state index < -0.39 is 11.8 Å². The van der Waals surface area contributed by atoms with Crippen molar-refractivity contribution in [2.24, 2.45) is 7.05 Å². The van der Waals surface area contributed by atoms with Crippen molar-refractivity contribution in [3.63, 3.8) is 0 Å². The van der Waals surface area contributed by atoms with E-state index in [-0.39, 0.29) is 0 Å². The Labute approximate surface area is 144 Å². The number of urea groups is 1. The number of hydrogen-bond donors (Lipinski definition) is 2. The molecular weight excluding hydrogens is 323 g/mol. The van der Waals surface area contributed by atoms with Crippen molar-refractivity contribution in [3.05, 3.63) is 59.7 Å². The summed E-state index contributed by atoms with van der Waals surface area (Å²) in [4.78, 5) is 16.0. The summed E-state index contributed by atoms with van der Waals surface area (Å²) in [6, 6.07) is 5.94. The molecule has 2 aromatic heterocycles. The SMILES string of the molecule is Cc1cc(C)n(-c2ccc(NC(=O)NCc3cn(C)cn3)cc2F)n1. The van der Waals surface area contributed by atoms with Crippen LogP contribution in [0.3, 0.4) is 0 Å². The Bertz CT molecular complexity index is 914. The molecule has 25 heavy (non-hydrogen) atoms. The number of imidazole rings is 1. The van der Waals surface area contributed by atoms with E-state index in [1.54, 1.807) is 23.0 Å². The Morgan fingerprint density at radius 1 is 1.28 bits per heavy atom. The van der Waals surface area contributed by atoms with Crippen LogP contribution < -0.4 is 10.6 Å². The molecule has 0 aliphatic carbocycles. The van der Waals surface area contributed by atoms with Gasteiger partial charge >= 0.3 is 6.03 Å². The number of halogens is 1. The maximum atomic E-state index is 14.4. The van der Waals surface area contributed by atoms with Crippen LogP contribution in [0.1, 0.15) is 17.1 Å². The average molecular weight is 342 g/mol. The number of nitrogens with one attached hydrogen (secondary N) is 2. The van der Waals surface area contributed by atoms with Gasteiger partial charge < -0.3 is 15.2 Å². The molecule has 2 amide bonds. The summed E-state index contributed by atoms with van der Waals surface area (Å²) in [5.41, 5.74) is 3.09. The van der Waals surface area contributed by atoms with Gasteiger partial charge in [0.1, 0.15) is 5.69 Å². The van der Waals surface area contributed by atoms with E-state index in [4.69, 9.17) is 0 Å². The standard InChI is InChI=1S/C17H19FN6O/c1-11-6-12(2)24(22-11)16-5-4-13(7-15(16)18)21-17(25)19-8-14-9-23(3)10-20-14/h4-7,9-10H,8H2,1-3H3,(H2,19,21,25). The molecule has 130 valence electrons. The lowest BCUT2D eigenvalue weighted by atomic mass is 10.2. The fourth-order valence-corrected chi connectivity index (χ4v) is 2.53. The zero-order valence-electron chi connectivity index (χ0n) is 14.2. The molecule has 0 atom stereocenters. The molecule has 3 aromatic rings. The maximum Gasteiger partial charge on any atom is 0.319 e. The number of hydrogen-bond acceptors (Lipinski definition) is 3. The first-order valence-electron chi connectivity index (χ1n) is 7.77. The van der Waals surface area contributed by atoms with Crippen molar-refractivity contribution in [1.29, 1.82) is 0 Å². The number of anilines is 1. The largest absolute Gasteiger partial charge is 0.340 e. The van der Waals surface area contributed by atoms with E-state index in [0.29, 0.717) is 17.9 Å². The third-order valence-corrected chi connectivity index (χ3v) is 3.63. The number of aryl methyl sites for hydroxylation is 3. The van der Waals surface area contributed by atoms with Gasteiger partial charge in [-0.1, -0.05) is 0 Å². The first-order chi connectivity index (χ1) is 11.9. The van der Waals surface area contributed by atoms with Gasteiger partial charge in [0.15, 0.2) is 5.82 Å². The smallest absolute Gasteiger partial charge is 0.319 e. The van der Waals surface area contributed by atoms with Gasteiger partial charge in [-0.05, 0) is 38.1 Å². The van der Waals surface area contributed by atoms with Gasteiger partial charge in [-0.3, -0.25) is 0 Å². The van der Waals surface area contributed by atoms with Crippen LogP contribution in [0.4, 0.5) is 14.9 Å². The maximum absolute atomic E-state index is 14.4. The number of benzene rings is 1. The second kappa shape index (κ2) is 6.76. The van der Waals surface area contributed by atoms with Crippen molar-refractivity contribution in [2.45, 2.75) is 20.4 Å². The molecule has 0 aliphatic rings. The molecule has 0 aliphatic heterocycles. The van der Waals surface area contributed by atoms with Gasteiger partial charge in [0.2, 0.25) is 0 Å². The molecule has 3 rings (SSSR count). The Morgan fingerprint density at radius 2 is 2.08 bits per heavy atom. The Morgan fingerprint density at radius 3 is 2.68 bits per heavy atom. The van der Waals surface area contributed by atoms with Crippen molar-refractivity contribution in [3.8, 4) is 5.69 Å². The van der Waals surface area contributed by atoms with E-state index in [1.165, 1.54) is 10.7 Å².